The van der Waals surface area contributed by atoms with E-state index >= 15 is 0 Å². The lowest BCUT2D eigenvalue weighted by Gasteiger charge is -2.26. The van der Waals surface area contributed by atoms with Gasteiger partial charge in [0.05, 0.1) is 6.04 Å². The highest BCUT2D eigenvalue weighted by Gasteiger charge is 2.11. The van der Waals surface area contributed by atoms with Crippen molar-refractivity contribution in [3.8, 4) is 0 Å². The average molecular weight is 351 g/mol. The fraction of sp³-hybridized carbons (Fsp3) is 0.409. The Morgan fingerprint density at radius 1 is 0.962 bits per heavy atom. The molecule has 0 spiro atoms. The van der Waals surface area contributed by atoms with Gasteiger partial charge >= 0.3 is 6.03 Å². The first-order chi connectivity index (χ1) is 12.7. The SMILES string of the molecule is CC(NC(=O)NCc1ccc(CN2CCCCC2)cc1)c1ccccc1. The Bertz CT molecular complexity index is 678. The third-order valence-corrected chi connectivity index (χ3v) is 4.98. The van der Waals surface area contributed by atoms with Gasteiger partial charge in [0.15, 0.2) is 0 Å². The number of hydrogen-bond acceptors (Lipinski definition) is 2. The molecule has 0 saturated carbocycles. The van der Waals surface area contributed by atoms with Crippen molar-refractivity contribution >= 4 is 6.03 Å². The molecular formula is C22H29N3O. The zero-order valence-electron chi connectivity index (χ0n) is 15.6. The predicted octanol–water partition coefficient (Wildman–Crippen LogP) is 4.23. The van der Waals surface area contributed by atoms with Gasteiger partial charge in [-0.15, -0.1) is 0 Å². The monoisotopic (exact) mass is 351 g/mol. The molecule has 1 heterocycles. The maximum atomic E-state index is 12.1. The number of carbonyl (C=O) groups excluding carboxylic acids is 1. The van der Waals surface area contributed by atoms with E-state index in [2.05, 4.69) is 39.8 Å². The molecule has 138 valence electrons. The molecule has 0 aromatic heterocycles. The van der Waals surface area contributed by atoms with Crippen molar-refractivity contribution in [3.05, 3.63) is 71.3 Å². The van der Waals surface area contributed by atoms with E-state index in [4.69, 9.17) is 0 Å². The smallest absolute Gasteiger partial charge is 0.315 e. The second-order valence-electron chi connectivity index (χ2n) is 7.11. The number of nitrogens with zero attached hydrogens (tertiary/aromatic N) is 1. The van der Waals surface area contributed by atoms with E-state index in [-0.39, 0.29) is 12.1 Å². The predicted molar refractivity (Wildman–Crippen MR) is 106 cm³/mol. The van der Waals surface area contributed by atoms with Crippen molar-refractivity contribution in [2.45, 2.75) is 45.3 Å². The number of benzene rings is 2. The second kappa shape index (κ2) is 9.39. The van der Waals surface area contributed by atoms with Crippen LogP contribution in [0.1, 0.15) is 48.9 Å². The van der Waals surface area contributed by atoms with Gasteiger partial charge in [-0.1, -0.05) is 61.0 Å². The van der Waals surface area contributed by atoms with E-state index in [1.165, 1.54) is 37.9 Å². The molecule has 1 fully saturated rings. The van der Waals surface area contributed by atoms with Crippen molar-refractivity contribution < 1.29 is 4.79 Å². The van der Waals surface area contributed by atoms with Crippen molar-refractivity contribution in [2.24, 2.45) is 0 Å². The zero-order valence-corrected chi connectivity index (χ0v) is 15.6. The Hall–Kier alpha value is -2.33. The number of likely N-dealkylation sites (tertiary alicyclic amines) is 1. The molecule has 0 radical (unpaired) electrons. The zero-order chi connectivity index (χ0) is 18.2. The van der Waals surface area contributed by atoms with E-state index in [0.717, 1.165) is 17.7 Å². The highest BCUT2D eigenvalue weighted by Crippen LogP contribution is 2.14. The normalized spacial score (nSPS) is 16.0. The summed E-state index contributed by atoms with van der Waals surface area (Å²) in [5, 5.41) is 5.92. The summed E-state index contributed by atoms with van der Waals surface area (Å²) in [6, 6.07) is 18.4. The van der Waals surface area contributed by atoms with Crippen LogP contribution in [0, 0.1) is 0 Å². The number of urea groups is 1. The van der Waals surface area contributed by atoms with E-state index < -0.39 is 0 Å². The van der Waals surface area contributed by atoms with Crippen LogP contribution in [-0.4, -0.2) is 24.0 Å². The van der Waals surface area contributed by atoms with Crippen LogP contribution in [0.3, 0.4) is 0 Å². The number of piperidine rings is 1. The summed E-state index contributed by atoms with van der Waals surface area (Å²) in [5.74, 6) is 0. The number of hydrogen-bond donors (Lipinski definition) is 2. The van der Waals surface area contributed by atoms with Crippen LogP contribution in [0.2, 0.25) is 0 Å². The minimum Gasteiger partial charge on any atom is -0.334 e. The first-order valence-electron chi connectivity index (χ1n) is 9.60. The molecule has 26 heavy (non-hydrogen) atoms. The maximum absolute atomic E-state index is 12.1. The molecule has 4 heteroatoms. The first kappa shape index (κ1) is 18.5. The van der Waals surface area contributed by atoms with Crippen molar-refractivity contribution in [1.82, 2.24) is 15.5 Å². The Morgan fingerprint density at radius 2 is 1.62 bits per heavy atom. The van der Waals surface area contributed by atoms with Gasteiger partial charge in [-0.25, -0.2) is 4.79 Å². The Morgan fingerprint density at radius 3 is 2.31 bits per heavy atom. The molecule has 0 bridgehead atoms. The van der Waals surface area contributed by atoms with Gasteiger partial charge in [0.2, 0.25) is 0 Å². The summed E-state index contributed by atoms with van der Waals surface area (Å²) in [6.07, 6.45) is 4.00. The lowest BCUT2D eigenvalue weighted by Crippen LogP contribution is -2.36. The van der Waals surface area contributed by atoms with Gasteiger partial charge in [0.1, 0.15) is 0 Å². The lowest BCUT2D eigenvalue weighted by atomic mass is 10.1. The molecule has 1 aliphatic heterocycles. The van der Waals surface area contributed by atoms with Crippen LogP contribution in [0.5, 0.6) is 0 Å². The molecule has 1 unspecified atom stereocenters. The van der Waals surface area contributed by atoms with Crippen LogP contribution >= 0.6 is 0 Å². The number of nitrogens with one attached hydrogen (secondary N) is 2. The average Bonchev–Trinajstić information content (AvgIpc) is 2.69. The summed E-state index contributed by atoms with van der Waals surface area (Å²) >= 11 is 0. The maximum Gasteiger partial charge on any atom is 0.315 e. The van der Waals surface area contributed by atoms with Crippen molar-refractivity contribution in [2.75, 3.05) is 13.1 Å². The van der Waals surface area contributed by atoms with E-state index in [0.29, 0.717) is 6.54 Å². The third kappa shape index (κ3) is 5.60. The van der Waals surface area contributed by atoms with E-state index in [1.807, 2.05) is 37.3 Å². The Kier molecular flexibility index (Phi) is 6.67. The van der Waals surface area contributed by atoms with Gasteiger partial charge in [-0.2, -0.15) is 0 Å². The van der Waals surface area contributed by atoms with E-state index in [9.17, 15) is 4.79 Å². The van der Waals surface area contributed by atoms with Gasteiger partial charge in [-0.05, 0) is 49.5 Å². The van der Waals surface area contributed by atoms with Crippen molar-refractivity contribution in [1.29, 1.82) is 0 Å². The first-order valence-corrected chi connectivity index (χ1v) is 9.60. The third-order valence-electron chi connectivity index (χ3n) is 4.98. The fourth-order valence-electron chi connectivity index (χ4n) is 3.39. The summed E-state index contributed by atoms with van der Waals surface area (Å²) < 4.78 is 0. The molecule has 4 nitrogen and oxygen atoms in total. The van der Waals surface area contributed by atoms with Crippen LogP contribution in [0.25, 0.3) is 0 Å². The van der Waals surface area contributed by atoms with E-state index in [1.54, 1.807) is 0 Å². The molecule has 1 aliphatic rings. The molecule has 2 aromatic rings. The fourth-order valence-corrected chi connectivity index (χ4v) is 3.39. The summed E-state index contributed by atoms with van der Waals surface area (Å²) in [7, 11) is 0. The number of rotatable bonds is 6. The van der Waals surface area contributed by atoms with Gasteiger partial charge in [-0.3, -0.25) is 4.90 Å². The largest absolute Gasteiger partial charge is 0.334 e. The number of amides is 2. The second-order valence-corrected chi connectivity index (χ2v) is 7.11. The summed E-state index contributed by atoms with van der Waals surface area (Å²) in [6.45, 7) is 5.98. The molecule has 2 aromatic carbocycles. The van der Waals surface area contributed by atoms with Gasteiger partial charge in [0.25, 0.3) is 0 Å². The van der Waals surface area contributed by atoms with Crippen LogP contribution in [-0.2, 0) is 13.1 Å². The van der Waals surface area contributed by atoms with Crippen LogP contribution < -0.4 is 10.6 Å². The highest BCUT2D eigenvalue weighted by atomic mass is 16.2. The molecule has 3 rings (SSSR count). The van der Waals surface area contributed by atoms with Gasteiger partial charge < -0.3 is 10.6 Å². The quantitative estimate of drug-likeness (QED) is 0.818. The summed E-state index contributed by atoms with van der Waals surface area (Å²) in [4.78, 5) is 14.6. The molecule has 1 saturated heterocycles. The number of carbonyl (C=O) groups is 1. The van der Waals surface area contributed by atoms with Crippen LogP contribution in [0.15, 0.2) is 54.6 Å². The topological polar surface area (TPSA) is 44.4 Å². The minimum absolute atomic E-state index is 0.0110. The Labute approximate surface area is 156 Å². The molecule has 2 N–H and O–H groups in total. The van der Waals surface area contributed by atoms with Gasteiger partial charge in [0, 0.05) is 13.1 Å². The molecule has 0 aliphatic carbocycles. The van der Waals surface area contributed by atoms with Crippen molar-refractivity contribution in [3.63, 3.8) is 0 Å². The summed E-state index contributed by atoms with van der Waals surface area (Å²) in [5.41, 5.74) is 3.57. The molecule has 2 amide bonds. The molecular weight excluding hydrogens is 322 g/mol. The lowest BCUT2D eigenvalue weighted by molar-refractivity contribution is 0.221. The Balaban J connectivity index is 1.43. The standard InChI is InChI=1S/C22H29N3O/c1-18(21-8-4-2-5-9-21)24-22(26)23-16-19-10-12-20(13-11-19)17-25-14-6-3-7-15-25/h2,4-5,8-13,18H,3,6-7,14-17H2,1H3,(H2,23,24,26). The molecule has 1 atom stereocenters. The van der Waals surface area contributed by atoms with Crippen LogP contribution in [0.4, 0.5) is 4.79 Å². The minimum atomic E-state index is -0.140. The highest BCUT2D eigenvalue weighted by molar-refractivity contribution is 5.74.